The molecule has 2 aromatic carbocycles. The van der Waals surface area contributed by atoms with Gasteiger partial charge in [-0.25, -0.2) is 13.4 Å². The molecule has 0 radical (unpaired) electrons. The van der Waals surface area contributed by atoms with E-state index in [1.165, 1.54) is 11.6 Å². The van der Waals surface area contributed by atoms with Crippen molar-refractivity contribution in [3.05, 3.63) is 70.0 Å². The van der Waals surface area contributed by atoms with Crippen molar-refractivity contribution in [3.63, 3.8) is 0 Å². The number of anilines is 1. The van der Waals surface area contributed by atoms with Gasteiger partial charge in [-0.3, -0.25) is 19.2 Å². The third-order valence-corrected chi connectivity index (χ3v) is 12.4. The van der Waals surface area contributed by atoms with E-state index in [9.17, 15) is 13.8 Å². The summed E-state index contributed by atoms with van der Waals surface area (Å²) in [5.41, 5.74) is 2.72. The van der Waals surface area contributed by atoms with Gasteiger partial charge in [-0.05, 0) is 85.9 Å². The molecule has 2 N–H and O–H groups in total. The normalized spacial score (nSPS) is 29.4. The minimum Gasteiger partial charge on any atom is -0.490 e. The van der Waals surface area contributed by atoms with E-state index in [0.29, 0.717) is 42.6 Å². The summed E-state index contributed by atoms with van der Waals surface area (Å²) in [6.07, 6.45) is 5.11. The highest BCUT2D eigenvalue weighted by Gasteiger charge is 2.48. The summed E-state index contributed by atoms with van der Waals surface area (Å²) in [5.74, 6) is -1.64. The first-order valence-electron chi connectivity index (χ1n) is 17.7. The Bertz CT molecular complexity index is 1750. The van der Waals surface area contributed by atoms with Crippen LogP contribution in [0.15, 0.2) is 48.3 Å². The van der Waals surface area contributed by atoms with Crippen molar-refractivity contribution in [1.82, 2.24) is 14.5 Å². The number of benzene rings is 2. The van der Waals surface area contributed by atoms with Gasteiger partial charge < -0.3 is 24.0 Å². The molecule has 2 aromatic rings. The van der Waals surface area contributed by atoms with Crippen molar-refractivity contribution in [3.8, 4) is 5.75 Å². The Morgan fingerprint density at radius 2 is 1.94 bits per heavy atom. The third-order valence-electron chi connectivity index (χ3n) is 10.6. The first-order chi connectivity index (χ1) is 24.4. The van der Waals surface area contributed by atoms with E-state index >= 15 is 4.39 Å². The van der Waals surface area contributed by atoms with Gasteiger partial charge in [-0.2, -0.15) is 0 Å². The monoisotopic (exact) mass is 745 g/mol. The molecule has 6 rings (SSSR count). The number of aryl methyl sites for hydroxylation is 1. The lowest BCUT2D eigenvalue weighted by Gasteiger charge is -2.45. The third kappa shape index (κ3) is 8.07. The number of fused-ring (bicyclic) bond motifs is 5. The van der Waals surface area contributed by atoms with E-state index in [1.54, 1.807) is 44.2 Å². The molecule has 1 spiro atoms. The average Bonchev–Trinajstić information content (AvgIpc) is 3.50. The molecule has 3 aliphatic heterocycles. The molecule has 2 amide bonds. The minimum absolute atomic E-state index is 0.133. The molecule has 14 heteroatoms. The van der Waals surface area contributed by atoms with Crippen LogP contribution < -0.4 is 14.4 Å². The molecule has 2 bridgehead atoms. The van der Waals surface area contributed by atoms with Crippen molar-refractivity contribution in [2.24, 2.45) is 5.92 Å². The van der Waals surface area contributed by atoms with Crippen molar-refractivity contribution in [2.45, 2.75) is 63.1 Å². The lowest BCUT2D eigenvalue weighted by molar-refractivity contribution is -0.138. The lowest BCUT2D eigenvalue weighted by Crippen LogP contribution is -2.58. The van der Waals surface area contributed by atoms with Crippen LogP contribution in [0.1, 0.15) is 60.5 Å². The van der Waals surface area contributed by atoms with Gasteiger partial charge in [0.1, 0.15) is 27.5 Å². The van der Waals surface area contributed by atoms with Crippen molar-refractivity contribution >= 4 is 39.0 Å². The quantitative estimate of drug-likeness (QED) is 0.391. The van der Waals surface area contributed by atoms with Crippen LogP contribution in [-0.2, 0) is 36.0 Å². The summed E-state index contributed by atoms with van der Waals surface area (Å²) in [7, 11) is -0.445. The SMILES string of the molecule is COCCN(CCOC)C(=O)[C@H]1/C(F)=C/C[C@H](C)CS(=N)(=O)NC(=O)c2ccc3c(c2)N(C[C@@]2(CCCc4cc(Cl)ccc42)CO3)[C@@H]2CCCN12. The fourth-order valence-electron chi connectivity index (χ4n) is 8.17. The predicted molar refractivity (Wildman–Crippen MR) is 195 cm³/mol. The maximum absolute atomic E-state index is 16.9. The van der Waals surface area contributed by atoms with Crippen LogP contribution in [0.5, 0.6) is 5.75 Å². The summed E-state index contributed by atoms with van der Waals surface area (Å²) in [6.45, 7) is 4.16. The van der Waals surface area contributed by atoms with Gasteiger partial charge in [0.15, 0.2) is 0 Å². The van der Waals surface area contributed by atoms with Crippen LogP contribution in [0, 0.1) is 10.7 Å². The smallest absolute Gasteiger partial charge is 0.263 e. The fraction of sp³-hybridized carbons (Fsp3) is 0.568. The zero-order chi connectivity index (χ0) is 36.3. The standard InChI is InChI=1S/C37H49ClFN5O6S/c1-25-8-12-30(39)34(36(46)42(16-18-48-2)17-19-49-3)43-15-5-7-33(43)44-23-37(14-4-6-26-20-28(38)10-11-29(26)37)24-50-32-13-9-27(21-31(32)44)35(45)41-51(40,47)22-25/h9-13,20-21,25,33-34H,4-8,14-19,22-24H2,1-3H3,(H2,40,41,45,47)/b30-12-/t25-,33+,34+,37-,51?/m0/s1. The number of ether oxygens (including phenoxy) is 3. The van der Waals surface area contributed by atoms with Crippen LogP contribution in [-0.4, -0.2) is 104 Å². The number of carbonyl (C=O) groups excluding carboxylic acids is 2. The maximum Gasteiger partial charge on any atom is 0.263 e. The Hall–Kier alpha value is -3.23. The van der Waals surface area contributed by atoms with Crippen LogP contribution in [0.2, 0.25) is 5.02 Å². The van der Waals surface area contributed by atoms with Gasteiger partial charge >= 0.3 is 0 Å². The zero-order valence-electron chi connectivity index (χ0n) is 29.6. The zero-order valence-corrected chi connectivity index (χ0v) is 31.2. The molecule has 278 valence electrons. The van der Waals surface area contributed by atoms with Gasteiger partial charge in [0.25, 0.3) is 5.91 Å². The molecule has 0 saturated carbocycles. The molecule has 3 heterocycles. The number of nitrogens with zero attached hydrogens (tertiary/aromatic N) is 3. The van der Waals surface area contributed by atoms with E-state index in [0.717, 1.165) is 31.2 Å². The summed E-state index contributed by atoms with van der Waals surface area (Å²) >= 11 is 6.46. The van der Waals surface area contributed by atoms with Crippen molar-refractivity contribution in [1.29, 1.82) is 4.78 Å². The molecule has 1 saturated heterocycles. The highest BCUT2D eigenvalue weighted by molar-refractivity contribution is 7.91. The van der Waals surface area contributed by atoms with Crippen LogP contribution in [0.4, 0.5) is 10.1 Å². The number of carbonyl (C=O) groups is 2. The minimum atomic E-state index is -3.57. The Labute approximate surface area is 305 Å². The fourth-order valence-corrected chi connectivity index (χ4v) is 9.81. The molecule has 11 nitrogen and oxygen atoms in total. The van der Waals surface area contributed by atoms with E-state index in [1.807, 2.05) is 17.0 Å². The van der Waals surface area contributed by atoms with Crippen LogP contribution in [0.25, 0.3) is 0 Å². The second-order valence-corrected chi connectivity index (χ2v) is 16.6. The first kappa shape index (κ1) is 37.5. The molecule has 51 heavy (non-hydrogen) atoms. The summed E-state index contributed by atoms with van der Waals surface area (Å²) in [4.78, 5) is 33.9. The Morgan fingerprint density at radius 1 is 1.18 bits per heavy atom. The summed E-state index contributed by atoms with van der Waals surface area (Å²) in [6, 6.07) is 9.86. The molecular formula is C37H49ClFN5O6S. The van der Waals surface area contributed by atoms with Gasteiger partial charge in [-0.15, -0.1) is 0 Å². The summed E-state index contributed by atoms with van der Waals surface area (Å²) < 4.78 is 58.5. The molecule has 0 aromatic heterocycles. The van der Waals surface area contributed by atoms with E-state index in [2.05, 4.69) is 15.7 Å². The predicted octanol–water partition coefficient (Wildman–Crippen LogP) is 5.31. The van der Waals surface area contributed by atoms with E-state index in [-0.39, 0.29) is 44.0 Å². The number of nitrogens with one attached hydrogen (secondary N) is 2. The first-order valence-corrected chi connectivity index (χ1v) is 19.8. The molecule has 1 unspecified atom stereocenters. The second kappa shape index (κ2) is 15.8. The Kier molecular flexibility index (Phi) is 11.6. The molecule has 1 fully saturated rings. The topological polar surface area (TPSA) is 124 Å². The van der Waals surface area contributed by atoms with Crippen LogP contribution in [0.3, 0.4) is 0 Å². The number of halogens is 2. The number of hydrogen-bond acceptors (Lipinski definition) is 9. The lowest BCUT2D eigenvalue weighted by atomic mass is 9.70. The van der Waals surface area contributed by atoms with Gasteiger partial charge in [0, 0.05) is 56.4 Å². The van der Waals surface area contributed by atoms with Crippen molar-refractivity contribution in [2.75, 3.05) is 70.9 Å². The molecule has 4 aliphatic rings. The van der Waals surface area contributed by atoms with Crippen LogP contribution >= 0.6 is 11.6 Å². The molecule has 5 atom stereocenters. The van der Waals surface area contributed by atoms with E-state index < -0.39 is 51.1 Å². The van der Waals surface area contributed by atoms with Gasteiger partial charge in [0.2, 0.25) is 5.91 Å². The number of hydrogen-bond donors (Lipinski definition) is 2. The number of amides is 2. The second-order valence-electron chi connectivity index (χ2n) is 14.3. The Balaban J connectivity index is 1.51. The highest BCUT2D eigenvalue weighted by Crippen LogP contribution is 2.47. The number of rotatable bonds is 7. The average molecular weight is 746 g/mol. The summed E-state index contributed by atoms with van der Waals surface area (Å²) in [5, 5.41) is 0.672. The highest BCUT2D eigenvalue weighted by atomic mass is 35.5. The maximum atomic E-state index is 16.9. The molecular weight excluding hydrogens is 697 g/mol. The number of allylic oxidation sites excluding steroid dienone is 1. The van der Waals surface area contributed by atoms with Gasteiger partial charge in [0.05, 0.1) is 37.4 Å². The Morgan fingerprint density at radius 3 is 2.69 bits per heavy atom. The largest absolute Gasteiger partial charge is 0.490 e. The van der Waals surface area contributed by atoms with Gasteiger partial charge in [-0.1, -0.05) is 30.7 Å². The number of methoxy groups -OCH3 is 2. The van der Waals surface area contributed by atoms with Crippen molar-refractivity contribution < 1.29 is 32.4 Å². The van der Waals surface area contributed by atoms with E-state index in [4.69, 9.17) is 30.6 Å². The molecule has 1 aliphatic carbocycles.